The molecule has 0 radical (unpaired) electrons. The van der Waals surface area contributed by atoms with Gasteiger partial charge in [-0.05, 0) is 24.7 Å². The van der Waals surface area contributed by atoms with Crippen LogP contribution in [0.5, 0.6) is 0 Å². The number of hydrogen-bond donors (Lipinski definition) is 0. The Morgan fingerprint density at radius 1 is 0.438 bits per heavy atom. The summed E-state index contributed by atoms with van der Waals surface area (Å²) in [7, 11) is 0. The van der Waals surface area contributed by atoms with Crippen LogP contribution in [-0.2, 0) is 0 Å². The van der Waals surface area contributed by atoms with Crippen LogP contribution in [-0.4, -0.2) is 12.4 Å². The minimum absolute atomic E-state index is 0.523. The molecule has 0 aromatic heterocycles. The van der Waals surface area contributed by atoms with E-state index in [2.05, 4.69) is 44.8 Å². The summed E-state index contributed by atoms with van der Waals surface area (Å²) in [5, 5.41) is 0. The Morgan fingerprint density at radius 2 is 0.750 bits per heavy atom. The van der Waals surface area contributed by atoms with Crippen LogP contribution in [0.1, 0.15) is 182 Å². The third-order valence-corrected chi connectivity index (χ3v) is 6.66. The molecule has 1 nitrogen and oxygen atoms in total. The zero-order valence-electron chi connectivity index (χ0n) is 23.1. The fourth-order valence-electron chi connectivity index (χ4n) is 4.43. The highest BCUT2D eigenvalue weighted by molar-refractivity contribution is 5.65. The summed E-state index contributed by atoms with van der Waals surface area (Å²) in [4.78, 5) is 0. The van der Waals surface area contributed by atoms with Gasteiger partial charge in [0.05, 0.1) is 0 Å². The Labute approximate surface area is 204 Å². The lowest BCUT2D eigenvalue weighted by molar-refractivity contribution is 0.356. The summed E-state index contributed by atoms with van der Waals surface area (Å²) in [6.45, 7) is 9.37. The monoisotopic (exact) mass is 448 g/mol. The molecule has 0 aliphatic heterocycles. The number of unbranched alkanes of at least 4 members (excludes halogenated alkanes) is 21. The summed E-state index contributed by atoms with van der Waals surface area (Å²) in [5.74, 6) is 0. The molecule has 0 N–H and O–H groups in total. The minimum Gasteiger partial charge on any atom is -0.111 e. The van der Waals surface area contributed by atoms with Crippen LogP contribution in [0.15, 0.2) is 0 Å². The van der Waals surface area contributed by atoms with Gasteiger partial charge >= 0.3 is 0 Å². The second-order valence-corrected chi connectivity index (χ2v) is 11.5. The van der Waals surface area contributed by atoms with Crippen molar-refractivity contribution in [3.8, 4) is 0 Å². The zero-order valence-corrected chi connectivity index (χ0v) is 23.1. The van der Waals surface area contributed by atoms with Crippen molar-refractivity contribution < 1.29 is 0 Å². The van der Waals surface area contributed by atoms with Crippen molar-refractivity contribution in [3.05, 3.63) is 0 Å². The van der Waals surface area contributed by atoms with Crippen LogP contribution in [0.25, 0.3) is 0 Å². The Kier molecular flexibility index (Phi) is 24.6. The second-order valence-electron chi connectivity index (χ2n) is 11.5. The van der Waals surface area contributed by atoms with Gasteiger partial charge in [0.15, 0.2) is 0 Å². The van der Waals surface area contributed by atoms with E-state index < -0.39 is 0 Å². The van der Waals surface area contributed by atoms with Crippen LogP contribution in [0.3, 0.4) is 0 Å². The third kappa shape index (κ3) is 29.5. The molecule has 0 aliphatic carbocycles. The van der Waals surface area contributed by atoms with Crippen LogP contribution < -0.4 is 4.67 Å². The quantitative estimate of drug-likeness (QED) is 0.0791. The molecule has 32 heavy (non-hydrogen) atoms. The molecule has 0 unspecified atom stereocenters. The molecule has 0 bridgehead atoms. The average Bonchev–Trinajstić information content (AvgIpc) is 2.75. The molecular weight excluding hydrogens is 386 g/mol. The molecule has 0 heterocycles. The van der Waals surface area contributed by atoms with Crippen molar-refractivity contribution in [2.24, 2.45) is 5.41 Å². The lowest BCUT2D eigenvalue weighted by Crippen LogP contribution is -2.03. The summed E-state index contributed by atoms with van der Waals surface area (Å²) in [5.41, 5.74) is 0.523. The summed E-state index contributed by atoms with van der Waals surface area (Å²) < 4.78 is 4.50. The van der Waals surface area contributed by atoms with E-state index in [0.717, 1.165) is 0 Å². The van der Waals surface area contributed by atoms with Gasteiger partial charge in [-0.15, -0.1) is 4.67 Å². The lowest BCUT2D eigenvalue weighted by Gasteiger charge is -2.17. The van der Waals surface area contributed by atoms with Crippen LogP contribution in [0.4, 0.5) is 0 Å². The Balaban J connectivity index is 3.19. The maximum absolute atomic E-state index is 4.50. The first kappa shape index (κ1) is 31.4. The van der Waals surface area contributed by atoms with E-state index in [4.69, 9.17) is 0 Å². The van der Waals surface area contributed by atoms with E-state index in [-0.39, 0.29) is 0 Å². The molecule has 0 aliphatic rings. The number of nitrogens with zero attached hydrogens (tertiary/aromatic N) is 1. The molecule has 0 atom stereocenters. The third-order valence-electron chi connectivity index (χ3n) is 6.66. The highest BCUT2D eigenvalue weighted by Gasteiger charge is 2.08. The molecule has 190 valence electrons. The first-order valence-electron chi connectivity index (χ1n) is 14.9. The van der Waals surface area contributed by atoms with Crippen LogP contribution >= 0.6 is 0 Å². The van der Waals surface area contributed by atoms with E-state index >= 15 is 0 Å². The SMILES string of the molecule is CCCCCCCCCCCCCC=[N+]=CCCCCCCCCCCCCC(C)(C)C. The van der Waals surface area contributed by atoms with Gasteiger partial charge in [-0.3, -0.25) is 0 Å². The summed E-state index contributed by atoms with van der Waals surface area (Å²) in [6, 6.07) is 0. The van der Waals surface area contributed by atoms with Gasteiger partial charge in [0, 0.05) is 12.8 Å². The van der Waals surface area contributed by atoms with Gasteiger partial charge in [-0.25, -0.2) is 0 Å². The molecule has 0 aromatic carbocycles. The highest BCUT2D eigenvalue weighted by atomic mass is 14.5. The van der Waals surface area contributed by atoms with Crippen molar-refractivity contribution in [2.75, 3.05) is 0 Å². The van der Waals surface area contributed by atoms with Crippen molar-refractivity contribution in [1.82, 2.24) is 4.67 Å². The predicted octanol–water partition coefficient (Wildman–Crippen LogP) is 10.6. The molecule has 0 amide bonds. The van der Waals surface area contributed by atoms with Gasteiger partial charge in [-0.2, -0.15) is 0 Å². The Morgan fingerprint density at radius 3 is 1.09 bits per heavy atom. The Bertz CT molecular complexity index is 411. The lowest BCUT2D eigenvalue weighted by atomic mass is 9.89. The standard InChI is InChI=1S/C31H62N/c1-5-6-7-8-9-10-11-14-17-20-23-26-29-32-30-27-24-21-18-15-12-13-16-19-22-25-28-31(2,3)4/h29-30H,5-28H2,1-4H3/q+1. The highest BCUT2D eigenvalue weighted by Crippen LogP contribution is 2.22. The normalized spacial score (nSPS) is 11.5. The Hall–Kier alpha value is -0.550. The molecule has 0 rings (SSSR count). The molecule has 0 saturated carbocycles. The van der Waals surface area contributed by atoms with Crippen LogP contribution in [0, 0.1) is 5.41 Å². The van der Waals surface area contributed by atoms with Gasteiger partial charge in [0.25, 0.3) is 12.4 Å². The second kappa shape index (κ2) is 25.1. The fourth-order valence-corrected chi connectivity index (χ4v) is 4.43. The first-order valence-corrected chi connectivity index (χ1v) is 14.9. The molecule has 0 aromatic rings. The maximum atomic E-state index is 4.50. The van der Waals surface area contributed by atoms with E-state index in [9.17, 15) is 0 Å². The predicted molar refractivity (Wildman–Crippen MR) is 150 cm³/mol. The zero-order chi connectivity index (χ0) is 23.6. The van der Waals surface area contributed by atoms with Crippen molar-refractivity contribution in [2.45, 2.75) is 182 Å². The first-order chi connectivity index (χ1) is 15.6. The minimum atomic E-state index is 0.523. The van der Waals surface area contributed by atoms with Gasteiger partial charge < -0.3 is 0 Å². The summed E-state index contributed by atoms with van der Waals surface area (Å²) >= 11 is 0. The maximum Gasteiger partial charge on any atom is 0.268 e. The molecule has 0 fully saturated rings. The molecule has 0 spiro atoms. The van der Waals surface area contributed by atoms with E-state index in [1.54, 1.807) is 0 Å². The topological polar surface area (TPSA) is 14.1 Å². The molecule has 0 saturated heterocycles. The molecule has 1 heteroatoms. The smallest absolute Gasteiger partial charge is 0.111 e. The van der Waals surface area contributed by atoms with E-state index in [1.165, 1.54) is 154 Å². The summed E-state index contributed by atoms with van der Waals surface area (Å²) in [6.07, 6.45) is 37.9. The van der Waals surface area contributed by atoms with Crippen molar-refractivity contribution >= 4 is 12.4 Å². The number of hydrogen-bond acceptors (Lipinski definition) is 0. The van der Waals surface area contributed by atoms with E-state index in [1.807, 2.05) is 0 Å². The van der Waals surface area contributed by atoms with E-state index in [0.29, 0.717) is 5.41 Å². The molecular formula is C31H62N+. The van der Waals surface area contributed by atoms with Crippen LogP contribution in [0.2, 0.25) is 0 Å². The largest absolute Gasteiger partial charge is 0.268 e. The van der Waals surface area contributed by atoms with Gasteiger partial charge in [0.2, 0.25) is 0 Å². The van der Waals surface area contributed by atoms with Gasteiger partial charge in [-0.1, -0.05) is 150 Å². The van der Waals surface area contributed by atoms with Crippen molar-refractivity contribution in [1.29, 1.82) is 0 Å². The fraction of sp³-hybridized carbons (Fsp3) is 0.935. The number of rotatable bonds is 24. The van der Waals surface area contributed by atoms with Gasteiger partial charge in [0.1, 0.15) is 0 Å². The van der Waals surface area contributed by atoms with Crippen molar-refractivity contribution in [3.63, 3.8) is 0 Å². The average molecular weight is 449 g/mol.